The summed E-state index contributed by atoms with van der Waals surface area (Å²) in [5.74, 6) is -0.227. The molecule has 0 radical (unpaired) electrons. The average molecular weight is 482 g/mol. The molecule has 1 saturated carbocycles. The molecular weight excluding hydrogens is 464 g/mol. The van der Waals surface area contributed by atoms with E-state index in [1.165, 1.54) is 0 Å². The molecule has 1 aliphatic carbocycles. The fraction of sp³-hybridized carbons (Fsp3) is 0.350. The van der Waals surface area contributed by atoms with Crippen LogP contribution < -0.4 is 5.32 Å². The van der Waals surface area contributed by atoms with E-state index in [1.54, 1.807) is 19.2 Å². The Labute approximate surface area is 192 Å². The largest absolute Gasteiger partial charge is 0.461 e. The maximum absolute atomic E-state index is 13.7. The number of halogens is 3. The Balaban J connectivity index is 1.51. The number of aromatic nitrogens is 4. The van der Waals surface area contributed by atoms with Crippen molar-refractivity contribution in [2.75, 3.05) is 18.5 Å². The molecule has 1 aliphatic rings. The second-order valence-electron chi connectivity index (χ2n) is 7.14. The Morgan fingerprint density at radius 2 is 2.16 bits per heavy atom. The van der Waals surface area contributed by atoms with Crippen molar-refractivity contribution >= 4 is 46.3 Å². The van der Waals surface area contributed by atoms with Crippen LogP contribution in [0.4, 0.5) is 10.2 Å². The summed E-state index contributed by atoms with van der Waals surface area (Å²) in [5.41, 5.74) is 0.833. The van der Waals surface area contributed by atoms with E-state index in [4.69, 9.17) is 27.9 Å². The topological polar surface area (TPSA) is 89.9 Å². The number of pyridine rings is 1. The van der Waals surface area contributed by atoms with Gasteiger partial charge in [-0.15, -0.1) is 10.2 Å². The molecule has 3 heterocycles. The Morgan fingerprint density at radius 1 is 1.35 bits per heavy atom. The summed E-state index contributed by atoms with van der Waals surface area (Å²) >= 11 is 13.6. The lowest BCUT2D eigenvalue weighted by Crippen LogP contribution is -2.48. The minimum atomic E-state index is -0.851. The lowest BCUT2D eigenvalue weighted by Gasteiger charge is -2.44. The Hall–Kier alpha value is -2.36. The zero-order valence-corrected chi connectivity index (χ0v) is 18.8. The second-order valence-corrected chi connectivity index (χ2v) is 9.15. The lowest BCUT2D eigenvalue weighted by molar-refractivity contribution is 0.0520. The molecule has 0 spiro atoms. The molecule has 0 aliphatic heterocycles. The van der Waals surface area contributed by atoms with Crippen molar-refractivity contribution in [1.82, 2.24) is 20.2 Å². The van der Waals surface area contributed by atoms with Crippen LogP contribution in [0.5, 0.6) is 0 Å². The summed E-state index contributed by atoms with van der Waals surface area (Å²) in [4.78, 5) is 20.5. The van der Waals surface area contributed by atoms with Gasteiger partial charge in [-0.3, -0.25) is 4.98 Å². The van der Waals surface area contributed by atoms with Gasteiger partial charge in [-0.25, -0.2) is 14.2 Å². The van der Waals surface area contributed by atoms with Crippen LogP contribution >= 0.6 is 34.5 Å². The molecule has 7 nitrogen and oxygen atoms in total. The number of carbonyl (C=O) groups excluding carboxylic acids is 1. The van der Waals surface area contributed by atoms with E-state index in [1.807, 2.05) is 18.2 Å². The first kappa shape index (κ1) is 21.9. The van der Waals surface area contributed by atoms with E-state index >= 15 is 0 Å². The number of hydrogen-bond acceptors (Lipinski definition) is 8. The minimum Gasteiger partial charge on any atom is -0.461 e. The molecule has 11 heteroatoms. The van der Waals surface area contributed by atoms with Gasteiger partial charge >= 0.3 is 5.97 Å². The fourth-order valence-corrected chi connectivity index (χ4v) is 4.77. The van der Waals surface area contributed by atoms with Crippen LogP contribution in [0.2, 0.25) is 9.36 Å². The van der Waals surface area contributed by atoms with Crippen LogP contribution in [-0.4, -0.2) is 45.5 Å². The average Bonchev–Trinajstić information content (AvgIpc) is 3.13. The van der Waals surface area contributed by atoms with Gasteiger partial charge in [0.15, 0.2) is 11.5 Å². The molecule has 0 bridgehead atoms. The molecule has 162 valence electrons. The van der Waals surface area contributed by atoms with Gasteiger partial charge in [0, 0.05) is 23.9 Å². The molecule has 1 N–H and O–H groups in total. The molecule has 0 unspecified atom stereocenters. The molecule has 0 aromatic carbocycles. The highest BCUT2D eigenvalue weighted by Crippen LogP contribution is 2.45. The van der Waals surface area contributed by atoms with Crippen LogP contribution in [0.25, 0.3) is 10.7 Å². The van der Waals surface area contributed by atoms with Crippen molar-refractivity contribution in [2.45, 2.75) is 31.4 Å². The zero-order valence-electron chi connectivity index (χ0n) is 16.4. The maximum Gasteiger partial charge on any atom is 0.359 e. The zero-order chi connectivity index (χ0) is 22.0. The van der Waals surface area contributed by atoms with Crippen molar-refractivity contribution in [3.05, 3.63) is 51.2 Å². The Kier molecular flexibility index (Phi) is 6.36. The SMILES string of the molecule is CCOC(=O)c1nc(-c2cc(Cl)c(NCC3(c4ccccn4)CC(F)C3)nn2)sc1Cl. The van der Waals surface area contributed by atoms with E-state index in [0.717, 1.165) is 17.0 Å². The number of rotatable bonds is 7. The molecule has 0 amide bonds. The second kappa shape index (κ2) is 9.02. The molecule has 4 rings (SSSR count). The third kappa shape index (κ3) is 4.49. The normalized spacial score (nSPS) is 20.2. The highest BCUT2D eigenvalue weighted by molar-refractivity contribution is 7.19. The number of esters is 1. The molecule has 3 aromatic heterocycles. The van der Waals surface area contributed by atoms with Crippen molar-refractivity contribution in [2.24, 2.45) is 0 Å². The summed E-state index contributed by atoms with van der Waals surface area (Å²) in [6, 6.07) is 7.21. The lowest BCUT2D eigenvalue weighted by atomic mass is 9.65. The van der Waals surface area contributed by atoms with Crippen LogP contribution in [0.1, 0.15) is 35.9 Å². The van der Waals surface area contributed by atoms with E-state index in [0.29, 0.717) is 40.9 Å². The minimum absolute atomic E-state index is 0.0340. The standard InChI is InChI=1S/C20H18Cl2FN5O2S/c1-2-30-19(29)15-16(22)31-18(26-15)13-7-12(21)17(28-27-13)25-10-20(8-11(23)9-20)14-5-3-4-6-24-14/h3-7,11H,2,8-10H2,1H3,(H,25,28). The third-order valence-electron chi connectivity index (χ3n) is 5.05. The monoisotopic (exact) mass is 481 g/mol. The van der Waals surface area contributed by atoms with Gasteiger partial charge in [-0.05, 0) is 38.0 Å². The van der Waals surface area contributed by atoms with Crippen LogP contribution in [0, 0.1) is 0 Å². The number of anilines is 1. The molecule has 3 aromatic rings. The van der Waals surface area contributed by atoms with Crippen molar-refractivity contribution < 1.29 is 13.9 Å². The van der Waals surface area contributed by atoms with Gasteiger partial charge in [0.1, 0.15) is 21.2 Å². The molecular formula is C20H18Cl2FN5O2S. The maximum atomic E-state index is 13.7. The predicted octanol–water partition coefficient (Wildman–Crippen LogP) is 4.96. The van der Waals surface area contributed by atoms with Gasteiger partial charge in [0.25, 0.3) is 0 Å². The highest BCUT2D eigenvalue weighted by atomic mass is 35.5. The predicted molar refractivity (Wildman–Crippen MR) is 118 cm³/mol. The van der Waals surface area contributed by atoms with Gasteiger partial charge in [-0.2, -0.15) is 0 Å². The molecule has 1 fully saturated rings. The molecule has 0 saturated heterocycles. The highest BCUT2D eigenvalue weighted by Gasteiger charge is 2.47. The van der Waals surface area contributed by atoms with Crippen LogP contribution in [-0.2, 0) is 10.2 Å². The summed E-state index contributed by atoms with van der Waals surface area (Å²) in [6.45, 7) is 2.34. The molecule has 0 atom stereocenters. The first-order chi connectivity index (χ1) is 14.9. The quantitative estimate of drug-likeness (QED) is 0.476. The summed E-state index contributed by atoms with van der Waals surface area (Å²) in [5, 5.41) is 12.2. The summed E-state index contributed by atoms with van der Waals surface area (Å²) in [6.07, 6.45) is 1.62. The van der Waals surface area contributed by atoms with Crippen LogP contribution in [0.3, 0.4) is 0 Å². The number of alkyl halides is 1. The van der Waals surface area contributed by atoms with Crippen LogP contribution in [0.15, 0.2) is 30.5 Å². The van der Waals surface area contributed by atoms with Gasteiger partial charge < -0.3 is 10.1 Å². The Morgan fingerprint density at radius 3 is 2.81 bits per heavy atom. The third-order valence-corrected chi connectivity index (χ3v) is 6.61. The fourth-order valence-electron chi connectivity index (χ4n) is 3.49. The van der Waals surface area contributed by atoms with Crippen molar-refractivity contribution in [3.8, 4) is 10.7 Å². The van der Waals surface area contributed by atoms with Crippen molar-refractivity contribution in [3.63, 3.8) is 0 Å². The summed E-state index contributed by atoms with van der Waals surface area (Å²) < 4.78 is 18.9. The van der Waals surface area contributed by atoms with E-state index in [9.17, 15) is 9.18 Å². The number of nitrogens with zero attached hydrogens (tertiary/aromatic N) is 4. The van der Waals surface area contributed by atoms with Gasteiger partial charge in [0.05, 0.1) is 11.6 Å². The summed E-state index contributed by atoms with van der Waals surface area (Å²) in [7, 11) is 0. The number of nitrogens with one attached hydrogen (secondary N) is 1. The number of ether oxygens (including phenoxy) is 1. The van der Waals surface area contributed by atoms with Gasteiger partial charge in [0.2, 0.25) is 0 Å². The van der Waals surface area contributed by atoms with E-state index in [-0.39, 0.29) is 16.6 Å². The number of thiazole rings is 1. The molecule has 31 heavy (non-hydrogen) atoms. The van der Waals surface area contributed by atoms with Crippen molar-refractivity contribution in [1.29, 1.82) is 0 Å². The van der Waals surface area contributed by atoms with Gasteiger partial charge in [-0.1, -0.05) is 40.6 Å². The first-order valence-corrected chi connectivity index (χ1v) is 11.2. The first-order valence-electron chi connectivity index (χ1n) is 9.58. The van der Waals surface area contributed by atoms with E-state index in [2.05, 4.69) is 25.5 Å². The number of hydrogen-bond donors (Lipinski definition) is 1. The Bertz CT molecular complexity index is 1090. The van der Waals surface area contributed by atoms with E-state index < -0.39 is 17.6 Å². The number of carbonyl (C=O) groups is 1. The smallest absolute Gasteiger partial charge is 0.359 e.